The number of β-lactam (4-membered cyclic amide) rings is 1. The van der Waals surface area contributed by atoms with Gasteiger partial charge in [0.15, 0.2) is 9.04 Å². The molecule has 0 aliphatic carbocycles. The van der Waals surface area contributed by atoms with Crippen molar-refractivity contribution in [3.63, 3.8) is 0 Å². The van der Waals surface area contributed by atoms with Crippen molar-refractivity contribution in [2.75, 3.05) is 12.3 Å². The fraction of sp³-hybridized carbons (Fsp3) is 0.824. The van der Waals surface area contributed by atoms with E-state index >= 15 is 0 Å². The van der Waals surface area contributed by atoms with E-state index in [9.17, 15) is 9.59 Å². The van der Waals surface area contributed by atoms with Gasteiger partial charge in [0.25, 0.3) is 0 Å². The van der Waals surface area contributed by atoms with Crippen LogP contribution < -0.4 is 5.32 Å². The predicted octanol–water partition coefficient (Wildman–Crippen LogP) is 2.40. The number of nitrogens with one attached hydrogen (secondary N) is 1. The highest BCUT2D eigenvalue weighted by molar-refractivity contribution is 8.23. The van der Waals surface area contributed by atoms with Crippen LogP contribution in [0.15, 0.2) is 0 Å². The second kappa shape index (κ2) is 7.29. The van der Waals surface area contributed by atoms with E-state index in [1.807, 2.05) is 13.8 Å². The third kappa shape index (κ3) is 3.82. The first-order chi connectivity index (χ1) is 11.4. The first-order valence-corrected chi connectivity index (χ1v) is 13.0. The molecule has 2 aliphatic heterocycles. The number of hydrogen-bond donors (Lipinski definition) is 1. The minimum absolute atomic E-state index is 0.00283. The Bertz CT molecular complexity index is 579. The topological polar surface area (TPSA) is 58.6 Å². The number of thiocarbonyl (C=S) groups is 1. The molecule has 8 heteroatoms. The summed E-state index contributed by atoms with van der Waals surface area (Å²) in [4.78, 5) is 27.1. The first-order valence-electron chi connectivity index (χ1n) is 8.86. The Labute approximate surface area is 162 Å². The minimum Gasteiger partial charge on any atom is -0.414 e. The van der Waals surface area contributed by atoms with Crippen molar-refractivity contribution < 1.29 is 14.0 Å². The molecule has 2 rings (SSSR count). The van der Waals surface area contributed by atoms with Crippen LogP contribution in [0, 0.1) is 17.3 Å². The van der Waals surface area contributed by atoms with Crippen molar-refractivity contribution in [3.8, 4) is 0 Å². The zero-order valence-electron chi connectivity index (χ0n) is 16.2. The van der Waals surface area contributed by atoms with E-state index in [1.165, 1.54) is 11.8 Å². The smallest absolute Gasteiger partial charge is 0.232 e. The van der Waals surface area contributed by atoms with Crippen LogP contribution in [0.25, 0.3) is 0 Å². The van der Waals surface area contributed by atoms with E-state index in [1.54, 1.807) is 4.90 Å². The molecule has 0 aromatic carbocycles. The number of amides is 2. The Hall–Kier alpha value is -0.443. The molecule has 0 aromatic rings. The summed E-state index contributed by atoms with van der Waals surface area (Å²) in [6, 6.07) is -0.217. The van der Waals surface area contributed by atoms with Gasteiger partial charge in [-0.05, 0) is 25.4 Å². The summed E-state index contributed by atoms with van der Waals surface area (Å²) in [5.74, 6) is 0.182. The summed E-state index contributed by atoms with van der Waals surface area (Å²) in [6.45, 7) is 15.1. The first kappa shape index (κ1) is 20.9. The van der Waals surface area contributed by atoms with Gasteiger partial charge in [0.1, 0.15) is 4.32 Å². The van der Waals surface area contributed by atoms with Gasteiger partial charge in [0, 0.05) is 12.3 Å². The molecular formula is C17H30N2O3S2Si. The van der Waals surface area contributed by atoms with Gasteiger partial charge in [-0.15, -0.1) is 0 Å². The molecule has 2 saturated heterocycles. The minimum atomic E-state index is -1.37. The van der Waals surface area contributed by atoms with Crippen LogP contribution in [-0.2, 0) is 14.0 Å². The van der Waals surface area contributed by atoms with Gasteiger partial charge in [-0.2, -0.15) is 0 Å². The maximum atomic E-state index is 12.9. The van der Waals surface area contributed by atoms with Crippen molar-refractivity contribution in [3.05, 3.63) is 0 Å². The van der Waals surface area contributed by atoms with E-state index in [0.29, 0.717) is 10.9 Å². The number of carbonyl (C=O) groups excluding carboxylic acids is 2. The van der Waals surface area contributed by atoms with Gasteiger partial charge >= 0.3 is 0 Å². The quantitative estimate of drug-likeness (QED) is 0.435. The van der Waals surface area contributed by atoms with Crippen molar-refractivity contribution >= 4 is 49.2 Å². The number of nitrogens with zero attached hydrogens (tertiary/aromatic N) is 1. The van der Waals surface area contributed by atoms with Crippen LogP contribution in [0.3, 0.4) is 0 Å². The number of carbonyl (C=O) groups is 2. The Balaban J connectivity index is 2.25. The predicted molar refractivity (Wildman–Crippen MR) is 109 cm³/mol. The highest BCUT2D eigenvalue weighted by Gasteiger charge is 2.59. The fourth-order valence-electron chi connectivity index (χ4n) is 3.61. The van der Waals surface area contributed by atoms with Gasteiger partial charge in [-0.1, -0.05) is 51.7 Å². The lowest BCUT2D eigenvalue weighted by atomic mass is 9.62. The molecule has 4 atom stereocenters. The zero-order valence-corrected chi connectivity index (χ0v) is 19.0. The molecule has 25 heavy (non-hydrogen) atoms. The largest absolute Gasteiger partial charge is 0.414 e. The Kier molecular flexibility index (Phi) is 6.08. The van der Waals surface area contributed by atoms with E-state index < -0.39 is 14.6 Å². The number of thioether (sulfide) groups is 1. The second-order valence-corrected chi connectivity index (χ2v) is 12.5. The molecule has 0 spiro atoms. The number of hydrogen-bond acceptors (Lipinski definition) is 5. The molecule has 0 bridgehead atoms. The summed E-state index contributed by atoms with van der Waals surface area (Å²) in [6.07, 6.45) is 0. The van der Waals surface area contributed by atoms with Crippen LogP contribution in [-0.4, -0.2) is 54.0 Å². The normalized spacial score (nSPS) is 27.8. The third-order valence-corrected chi connectivity index (χ3v) is 7.86. The molecule has 0 aromatic heterocycles. The Morgan fingerprint density at radius 3 is 2.40 bits per heavy atom. The molecule has 2 fully saturated rings. The summed E-state index contributed by atoms with van der Waals surface area (Å²) in [5, 5.41) is 2.96. The standard InChI is InChI=1S/C17H30N2O3S2Si/c1-10(14(21)19-8-9-24-15(19)23)12-11(13(20)18-12)17(5,16(2,3)4)22-25(6)7/h10-12,25H,8-9H2,1-7H3,(H,18,20)/t10-,11+,12+,17+/m0/s1. The van der Waals surface area contributed by atoms with Crippen LogP contribution in [0.1, 0.15) is 34.6 Å². The van der Waals surface area contributed by atoms with Gasteiger partial charge < -0.3 is 9.74 Å². The van der Waals surface area contributed by atoms with Gasteiger partial charge in [0.2, 0.25) is 11.8 Å². The molecule has 0 saturated carbocycles. The van der Waals surface area contributed by atoms with Gasteiger partial charge in [-0.3, -0.25) is 14.5 Å². The highest BCUT2D eigenvalue weighted by Crippen LogP contribution is 2.46. The summed E-state index contributed by atoms with van der Waals surface area (Å²) < 4.78 is 7.05. The van der Waals surface area contributed by atoms with Crippen LogP contribution in [0.5, 0.6) is 0 Å². The van der Waals surface area contributed by atoms with E-state index in [0.717, 1.165) is 5.75 Å². The molecule has 2 amide bonds. The summed E-state index contributed by atoms with van der Waals surface area (Å²) >= 11 is 6.82. The second-order valence-electron chi connectivity index (χ2n) is 8.43. The van der Waals surface area contributed by atoms with Crippen molar-refractivity contribution in [2.45, 2.75) is 59.4 Å². The van der Waals surface area contributed by atoms with Gasteiger partial charge in [-0.25, -0.2) is 0 Å². The Morgan fingerprint density at radius 2 is 2.00 bits per heavy atom. The molecule has 2 heterocycles. The lowest BCUT2D eigenvalue weighted by Crippen LogP contribution is -2.73. The fourth-order valence-corrected chi connectivity index (χ4v) is 6.31. The molecular weight excluding hydrogens is 372 g/mol. The van der Waals surface area contributed by atoms with E-state index in [-0.39, 0.29) is 35.1 Å². The molecule has 2 aliphatic rings. The van der Waals surface area contributed by atoms with Crippen LogP contribution >= 0.6 is 24.0 Å². The van der Waals surface area contributed by atoms with Crippen LogP contribution in [0.4, 0.5) is 0 Å². The summed E-state index contributed by atoms with van der Waals surface area (Å²) in [5.41, 5.74) is -0.818. The lowest BCUT2D eigenvalue weighted by Gasteiger charge is -2.55. The monoisotopic (exact) mass is 402 g/mol. The van der Waals surface area contributed by atoms with Crippen molar-refractivity contribution in [2.24, 2.45) is 17.3 Å². The van der Waals surface area contributed by atoms with Crippen LogP contribution in [0.2, 0.25) is 13.1 Å². The van der Waals surface area contributed by atoms with E-state index in [4.69, 9.17) is 16.6 Å². The van der Waals surface area contributed by atoms with Crippen molar-refractivity contribution in [1.29, 1.82) is 0 Å². The number of rotatable bonds is 5. The third-order valence-electron chi connectivity index (χ3n) is 5.47. The Morgan fingerprint density at radius 1 is 1.40 bits per heavy atom. The molecule has 0 radical (unpaired) electrons. The van der Waals surface area contributed by atoms with E-state index in [2.05, 4.69) is 39.2 Å². The molecule has 1 N–H and O–H groups in total. The summed E-state index contributed by atoms with van der Waals surface area (Å²) in [7, 11) is -1.37. The zero-order chi connectivity index (χ0) is 19.2. The van der Waals surface area contributed by atoms with Gasteiger partial charge in [0.05, 0.1) is 23.5 Å². The maximum absolute atomic E-state index is 12.9. The average Bonchev–Trinajstić information content (AvgIpc) is 2.87. The molecule has 5 nitrogen and oxygen atoms in total. The molecule has 142 valence electrons. The molecule has 0 unspecified atom stereocenters. The highest BCUT2D eigenvalue weighted by atomic mass is 32.2. The average molecular weight is 403 g/mol. The SMILES string of the molecule is C[C@H](C(=O)N1CCSC1=S)[C@H]1NC(=O)[C@@H]1[C@@](C)(O[SiH](C)C)C(C)(C)C. The maximum Gasteiger partial charge on any atom is 0.232 e. The lowest BCUT2D eigenvalue weighted by molar-refractivity contribution is -0.164. The van der Waals surface area contributed by atoms with Crippen molar-refractivity contribution in [1.82, 2.24) is 10.2 Å².